The van der Waals surface area contributed by atoms with E-state index in [0.717, 1.165) is 11.8 Å². The quantitative estimate of drug-likeness (QED) is 0.439. The highest BCUT2D eigenvalue weighted by atomic mass is 32.2. The maximum Gasteiger partial charge on any atom is 0.264 e. The van der Waals surface area contributed by atoms with Gasteiger partial charge in [-0.25, -0.2) is 0 Å². The Morgan fingerprint density at radius 3 is 2.65 bits per heavy atom. The predicted molar refractivity (Wildman–Crippen MR) is 68.8 cm³/mol. The van der Waals surface area contributed by atoms with Gasteiger partial charge >= 0.3 is 0 Å². The van der Waals surface area contributed by atoms with Gasteiger partial charge in [0.05, 0.1) is 12.9 Å². The standard InChI is InChI=1S/C13H18O3S/c1-11-8-9-13(12(11)2)7-5-4-6-10-16-17(3,14)15/h8-9,12H,4,6,10H2,1-3H3/t12-/m1/s1. The van der Waals surface area contributed by atoms with Crippen LogP contribution in [0.3, 0.4) is 0 Å². The summed E-state index contributed by atoms with van der Waals surface area (Å²) < 4.78 is 26.0. The van der Waals surface area contributed by atoms with Gasteiger partial charge in [0.2, 0.25) is 0 Å². The molecule has 1 atom stereocenters. The van der Waals surface area contributed by atoms with Crippen LogP contribution in [0.25, 0.3) is 0 Å². The van der Waals surface area contributed by atoms with Crippen molar-refractivity contribution >= 4 is 10.1 Å². The molecule has 0 N–H and O–H groups in total. The molecule has 94 valence electrons. The molecule has 0 radical (unpaired) electrons. The highest BCUT2D eigenvalue weighted by molar-refractivity contribution is 7.85. The zero-order chi connectivity index (χ0) is 12.9. The van der Waals surface area contributed by atoms with Gasteiger partial charge in [0.25, 0.3) is 10.1 Å². The fraction of sp³-hybridized carbons (Fsp3) is 0.538. The van der Waals surface area contributed by atoms with Crippen molar-refractivity contribution in [2.75, 3.05) is 12.9 Å². The molecule has 0 saturated carbocycles. The van der Waals surface area contributed by atoms with Gasteiger partial charge < -0.3 is 0 Å². The van der Waals surface area contributed by atoms with Gasteiger partial charge in [0.15, 0.2) is 0 Å². The first-order chi connectivity index (χ1) is 7.90. The molecule has 0 heterocycles. The molecule has 0 aliphatic heterocycles. The van der Waals surface area contributed by atoms with Crippen molar-refractivity contribution in [1.29, 1.82) is 0 Å². The van der Waals surface area contributed by atoms with Crippen molar-refractivity contribution in [2.45, 2.75) is 26.7 Å². The van der Waals surface area contributed by atoms with Crippen molar-refractivity contribution < 1.29 is 12.6 Å². The molecule has 3 nitrogen and oxygen atoms in total. The van der Waals surface area contributed by atoms with Crippen molar-refractivity contribution in [1.82, 2.24) is 0 Å². The molecule has 1 rings (SSSR count). The molecule has 17 heavy (non-hydrogen) atoms. The van der Waals surface area contributed by atoms with Gasteiger partial charge in [-0.3, -0.25) is 4.18 Å². The number of hydrogen-bond donors (Lipinski definition) is 0. The second kappa shape index (κ2) is 6.04. The number of hydrogen-bond acceptors (Lipinski definition) is 3. The van der Waals surface area contributed by atoms with Crippen molar-refractivity contribution in [2.24, 2.45) is 5.92 Å². The summed E-state index contributed by atoms with van der Waals surface area (Å²) in [7, 11) is -3.31. The summed E-state index contributed by atoms with van der Waals surface area (Å²) in [4.78, 5) is 0. The molecule has 0 bridgehead atoms. The summed E-state index contributed by atoms with van der Waals surface area (Å²) in [5.41, 5.74) is 2.46. The Morgan fingerprint density at radius 2 is 2.12 bits per heavy atom. The van der Waals surface area contributed by atoms with Crippen LogP contribution in [0.1, 0.15) is 26.7 Å². The Balaban J connectivity index is 2.25. The van der Waals surface area contributed by atoms with Gasteiger partial charge in [-0.15, -0.1) is 0 Å². The second-order valence-electron chi connectivity index (χ2n) is 4.19. The van der Waals surface area contributed by atoms with Crippen molar-refractivity contribution in [3.63, 3.8) is 0 Å². The molecule has 0 aromatic carbocycles. The Labute approximate surface area is 104 Å². The summed E-state index contributed by atoms with van der Waals surface area (Å²) in [6.45, 7) is 4.43. The van der Waals surface area contributed by atoms with Crippen molar-refractivity contribution in [3.05, 3.63) is 23.3 Å². The van der Waals surface area contributed by atoms with E-state index in [2.05, 4.69) is 35.9 Å². The first-order valence-electron chi connectivity index (χ1n) is 5.62. The third kappa shape index (κ3) is 5.20. The molecular weight excluding hydrogens is 236 g/mol. The molecule has 0 saturated heterocycles. The zero-order valence-electron chi connectivity index (χ0n) is 10.5. The largest absolute Gasteiger partial charge is 0.270 e. The fourth-order valence-corrected chi connectivity index (χ4v) is 1.86. The lowest BCUT2D eigenvalue weighted by Gasteiger charge is -2.04. The van der Waals surface area contributed by atoms with E-state index in [0.29, 0.717) is 18.8 Å². The van der Waals surface area contributed by atoms with Gasteiger partial charge in [-0.2, -0.15) is 8.42 Å². The van der Waals surface area contributed by atoms with Gasteiger partial charge in [0, 0.05) is 17.9 Å². The van der Waals surface area contributed by atoms with Gasteiger partial charge in [-0.05, 0) is 13.3 Å². The number of unbranched alkanes of at least 4 members (excludes halogenated alkanes) is 1. The normalized spacial score (nSPS) is 19.4. The Bertz CT molecular complexity index is 486. The summed E-state index contributed by atoms with van der Waals surface area (Å²) in [5.74, 6) is 6.56. The third-order valence-corrected chi connectivity index (χ3v) is 3.25. The van der Waals surface area contributed by atoms with Crippen LogP contribution in [0.2, 0.25) is 0 Å². The average Bonchev–Trinajstić information content (AvgIpc) is 2.53. The van der Waals surface area contributed by atoms with E-state index in [4.69, 9.17) is 0 Å². The van der Waals surface area contributed by atoms with Crippen LogP contribution in [0, 0.1) is 17.8 Å². The molecular formula is C13H18O3S. The SMILES string of the molecule is CC1=CC=C(C#CCCCOS(C)(=O)=O)[C@@H]1C. The summed E-state index contributed by atoms with van der Waals surface area (Å²) in [5, 5.41) is 0. The Kier molecular flexibility index (Phi) is 4.98. The molecule has 0 unspecified atom stereocenters. The smallest absolute Gasteiger partial charge is 0.264 e. The Morgan fingerprint density at radius 1 is 1.41 bits per heavy atom. The molecule has 1 aliphatic carbocycles. The second-order valence-corrected chi connectivity index (χ2v) is 5.83. The molecule has 0 fully saturated rings. The lowest BCUT2D eigenvalue weighted by Crippen LogP contribution is -2.03. The van der Waals surface area contributed by atoms with Crippen LogP contribution in [0.4, 0.5) is 0 Å². The summed E-state index contributed by atoms with van der Waals surface area (Å²) in [6.07, 6.45) is 6.46. The fourth-order valence-electron chi connectivity index (χ4n) is 1.44. The minimum atomic E-state index is -3.31. The minimum Gasteiger partial charge on any atom is -0.270 e. The summed E-state index contributed by atoms with van der Waals surface area (Å²) in [6, 6.07) is 0. The Hall–Kier alpha value is -1.05. The summed E-state index contributed by atoms with van der Waals surface area (Å²) >= 11 is 0. The molecule has 0 amide bonds. The van der Waals surface area contributed by atoms with E-state index in [9.17, 15) is 8.42 Å². The minimum absolute atomic E-state index is 0.208. The maximum absolute atomic E-state index is 10.7. The first kappa shape index (κ1) is 14.0. The monoisotopic (exact) mass is 254 g/mol. The van der Waals surface area contributed by atoms with Crippen molar-refractivity contribution in [3.8, 4) is 11.8 Å². The van der Waals surface area contributed by atoms with E-state index in [1.165, 1.54) is 5.57 Å². The molecule has 0 aromatic rings. The molecule has 0 aromatic heterocycles. The van der Waals surface area contributed by atoms with E-state index >= 15 is 0 Å². The maximum atomic E-state index is 10.7. The van der Waals surface area contributed by atoms with Crippen LogP contribution >= 0.6 is 0 Å². The first-order valence-corrected chi connectivity index (χ1v) is 7.43. The zero-order valence-corrected chi connectivity index (χ0v) is 11.3. The highest BCUT2D eigenvalue weighted by Gasteiger charge is 2.12. The third-order valence-electron chi connectivity index (χ3n) is 2.65. The number of rotatable bonds is 4. The highest BCUT2D eigenvalue weighted by Crippen LogP contribution is 2.24. The lowest BCUT2D eigenvalue weighted by molar-refractivity contribution is 0.317. The van der Waals surface area contributed by atoms with Crippen LogP contribution in [-0.4, -0.2) is 21.3 Å². The predicted octanol–water partition coefficient (Wildman–Crippen LogP) is 2.27. The topological polar surface area (TPSA) is 43.4 Å². The molecule has 0 spiro atoms. The van der Waals surface area contributed by atoms with Gasteiger partial charge in [-0.1, -0.05) is 36.5 Å². The van der Waals surface area contributed by atoms with Gasteiger partial charge in [0.1, 0.15) is 0 Å². The van der Waals surface area contributed by atoms with E-state index in [-0.39, 0.29) is 6.61 Å². The van der Waals surface area contributed by atoms with Crippen LogP contribution in [-0.2, 0) is 14.3 Å². The molecule has 1 aliphatic rings. The van der Waals surface area contributed by atoms with E-state index < -0.39 is 10.1 Å². The van der Waals surface area contributed by atoms with Crippen LogP contribution in [0.15, 0.2) is 23.3 Å². The lowest BCUT2D eigenvalue weighted by atomic mass is 10.00. The van der Waals surface area contributed by atoms with E-state index in [1.807, 2.05) is 6.08 Å². The van der Waals surface area contributed by atoms with Crippen LogP contribution < -0.4 is 0 Å². The van der Waals surface area contributed by atoms with Crippen LogP contribution in [0.5, 0.6) is 0 Å². The number of allylic oxidation sites excluding steroid dienone is 4. The van der Waals surface area contributed by atoms with E-state index in [1.54, 1.807) is 0 Å². The average molecular weight is 254 g/mol. The molecule has 4 heteroatoms.